The minimum atomic E-state index is -3.63. The lowest BCUT2D eigenvalue weighted by molar-refractivity contribution is -0.122. The van der Waals surface area contributed by atoms with Gasteiger partial charge in [0.2, 0.25) is 15.9 Å². The van der Waals surface area contributed by atoms with Gasteiger partial charge in [-0.3, -0.25) is 9.10 Å². The van der Waals surface area contributed by atoms with Crippen LogP contribution in [0.1, 0.15) is 30.0 Å². The third-order valence-electron chi connectivity index (χ3n) is 4.45. The van der Waals surface area contributed by atoms with Crippen LogP contribution in [0.15, 0.2) is 42.5 Å². The molecule has 2 aromatic rings. The fourth-order valence-corrected chi connectivity index (χ4v) is 4.51. The Morgan fingerprint density at radius 2 is 1.72 bits per heavy atom. The van der Waals surface area contributed by atoms with Crippen molar-refractivity contribution in [3.8, 4) is 5.75 Å². The molecule has 1 amide bonds. The van der Waals surface area contributed by atoms with E-state index in [9.17, 15) is 13.2 Å². The van der Waals surface area contributed by atoms with E-state index in [0.29, 0.717) is 18.7 Å². The van der Waals surface area contributed by atoms with Crippen LogP contribution < -0.4 is 14.4 Å². The molecule has 7 heteroatoms. The van der Waals surface area contributed by atoms with Crippen molar-refractivity contribution in [2.24, 2.45) is 0 Å². The molecule has 0 bridgehead atoms. The van der Waals surface area contributed by atoms with Crippen molar-refractivity contribution >= 4 is 21.6 Å². The molecule has 0 unspecified atom stereocenters. The van der Waals surface area contributed by atoms with Gasteiger partial charge in [0.25, 0.3) is 0 Å². The molecule has 0 radical (unpaired) electrons. The zero-order chi connectivity index (χ0) is 21.6. The predicted molar refractivity (Wildman–Crippen MR) is 117 cm³/mol. The van der Waals surface area contributed by atoms with Crippen LogP contribution in [0, 0.1) is 20.8 Å². The van der Waals surface area contributed by atoms with Gasteiger partial charge in [0.15, 0.2) is 0 Å². The summed E-state index contributed by atoms with van der Waals surface area (Å²) in [6.45, 7) is 8.26. The van der Waals surface area contributed by atoms with E-state index in [4.69, 9.17) is 4.74 Å². The third-order valence-corrected chi connectivity index (χ3v) is 5.63. The van der Waals surface area contributed by atoms with Crippen LogP contribution in [0.5, 0.6) is 5.75 Å². The van der Waals surface area contributed by atoms with Gasteiger partial charge in [-0.15, -0.1) is 0 Å². The zero-order valence-electron chi connectivity index (χ0n) is 17.7. The number of aryl methyl sites for hydroxylation is 3. The van der Waals surface area contributed by atoms with E-state index < -0.39 is 16.1 Å². The molecule has 0 fully saturated rings. The second-order valence-corrected chi connectivity index (χ2v) is 9.14. The lowest BCUT2D eigenvalue weighted by Gasteiger charge is -2.30. The highest BCUT2D eigenvalue weighted by atomic mass is 32.2. The molecule has 0 spiro atoms. The molecule has 0 aliphatic rings. The predicted octanol–water partition coefficient (Wildman–Crippen LogP) is 3.35. The molecule has 0 heterocycles. The van der Waals surface area contributed by atoms with Gasteiger partial charge in [0, 0.05) is 0 Å². The molecule has 158 valence electrons. The number of ether oxygens (including phenoxy) is 1. The molecular weight excluding hydrogens is 388 g/mol. The fraction of sp³-hybridized carbons (Fsp3) is 0.409. The molecule has 0 saturated heterocycles. The first kappa shape index (κ1) is 22.7. The number of rotatable bonds is 9. The van der Waals surface area contributed by atoms with Gasteiger partial charge in [-0.1, -0.05) is 25.1 Å². The second kappa shape index (κ2) is 9.78. The highest BCUT2D eigenvalue weighted by Crippen LogP contribution is 2.23. The topological polar surface area (TPSA) is 75.7 Å². The molecule has 6 nitrogen and oxygen atoms in total. The Morgan fingerprint density at radius 1 is 1.07 bits per heavy atom. The molecule has 0 aliphatic heterocycles. The number of amides is 1. The summed E-state index contributed by atoms with van der Waals surface area (Å²) in [5.74, 6) is 0.407. The Hall–Kier alpha value is -2.54. The summed E-state index contributed by atoms with van der Waals surface area (Å²) in [4.78, 5) is 12.8. The Morgan fingerprint density at radius 3 is 2.28 bits per heavy atom. The van der Waals surface area contributed by atoms with Crippen molar-refractivity contribution in [2.45, 2.75) is 40.2 Å². The zero-order valence-corrected chi connectivity index (χ0v) is 18.5. The van der Waals surface area contributed by atoms with E-state index >= 15 is 0 Å². The molecule has 1 atom stereocenters. The summed E-state index contributed by atoms with van der Waals surface area (Å²) >= 11 is 0. The first-order chi connectivity index (χ1) is 13.6. The van der Waals surface area contributed by atoms with Crippen molar-refractivity contribution < 1.29 is 17.9 Å². The lowest BCUT2D eigenvalue weighted by Crippen LogP contribution is -2.50. The Kier molecular flexibility index (Phi) is 7.67. The first-order valence-corrected chi connectivity index (χ1v) is 11.5. The molecule has 0 saturated carbocycles. The normalized spacial score (nSPS) is 12.3. The minimum Gasteiger partial charge on any atom is -0.492 e. The van der Waals surface area contributed by atoms with E-state index in [-0.39, 0.29) is 12.5 Å². The summed E-state index contributed by atoms with van der Waals surface area (Å²) in [7, 11) is -3.63. The molecular formula is C22H30N2O4S. The van der Waals surface area contributed by atoms with Crippen molar-refractivity contribution in [1.82, 2.24) is 5.32 Å². The van der Waals surface area contributed by atoms with Crippen LogP contribution in [-0.4, -0.2) is 39.8 Å². The molecule has 2 aromatic carbocycles. The Bertz CT molecular complexity index is 937. The first-order valence-electron chi connectivity index (χ1n) is 9.66. The smallest absolute Gasteiger partial charge is 0.244 e. The quantitative estimate of drug-likeness (QED) is 0.634. The highest BCUT2D eigenvalue weighted by molar-refractivity contribution is 7.92. The average molecular weight is 419 g/mol. The molecule has 0 aromatic heterocycles. The maximum atomic E-state index is 12.8. The highest BCUT2D eigenvalue weighted by Gasteiger charge is 2.31. The van der Waals surface area contributed by atoms with Gasteiger partial charge < -0.3 is 10.1 Å². The number of carbonyl (C=O) groups excluding carboxylic acids is 1. The summed E-state index contributed by atoms with van der Waals surface area (Å²) in [6, 6.07) is 12.2. The van der Waals surface area contributed by atoms with E-state index in [2.05, 4.69) is 11.4 Å². The summed E-state index contributed by atoms with van der Waals surface area (Å²) in [5.41, 5.74) is 3.63. The summed E-state index contributed by atoms with van der Waals surface area (Å²) < 4.78 is 31.8. The molecule has 2 rings (SSSR count). The monoisotopic (exact) mass is 418 g/mol. The third kappa shape index (κ3) is 6.49. The largest absolute Gasteiger partial charge is 0.492 e. The SMILES string of the molecule is CC[C@H](C(=O)NCCOc1cc(C)cc(C)c1)N(c1cccc(C)c1)S(C)(=O)=O. The number of benzene rings is 2. The van der Waals surface area contributed by atoms with E-state index in [0.717, 1.165) is 28.7 Å². The number of sulfonamides is 1. The number of hydrogen-bond acceptors (Lipinski definition) is 4. The number of anilines is 1. The van der Waals surface area contributed by atoms with Crippen molar-refractivity contribution in [2.75, 3.05) is 23.7 Å². The van der Waals surface area contributed by atoms with Crippen LogP contribution in [-0.2, 0) is 14.8 Å². The summed E-state index contributed by atoms with van der Waals surface area (Å²) in [5, 5.41) is 2.80. The number of nitrogens with zero attached hydrogens (tertiary/aromatic N) is 1. The standard InChI is InChI=1S/C22H30N2O4S/c1-6-21(24(29(5,26)27)19-9-7-8-16(2)13-19)22(25)23-10-11-28-20-14-17(3)12-18(4)15-20/h7-9,12-15,21H,6,10-11H2,1-5H3,(H,23,25)/t21-/m1/s1. The van der Waals surface area contributed by atoms with Crippen LogP contribution in [0.2, 0.25) is 0 Å². The van der Waals surface area contributed by atoms with Crippen LogP contribution in [0.3, 0.4) is 0 Å². The maximum absolute atomic E-state index is 12.8. The number of hydrogen-bond donors (Lipinski definition) is 1. The number of nitrogens with one attached hydrogen (secondary N) is 1. The van der Waals surface area contributed by atoms with Crippen LogP contribution in [0.25, 0.3) is 0 Å². The van der Waals surface area contributed by atoms with Gasteiger partial charge in [0.05, 0.1) is 18.5 Å². The van der Waals surface area contributed by atoms with E-state index in [1.807, 2.05) is 39.0 Å². The van der Waals surface area contributed by atoms with Gasteiger partial charge in [-0.2, -0.15) is 0 Å². The minimum absolute atomic E-state index is 0.285. The molecule has 0 aliphatic carbocycles. The van der Waals surface area contributed by atoms with Crippen LogP contribution in [0.4, 0.5) is 5.69 Å². The second-order valence-electron chi connectivity index (χ2n) is 7.28. The van der Waals surface area contributed by atoms with Crippen molar-refractivity contribution in [1.29, 1.82) is 0 Å². The summed E-state index contributed by atoms with van der Waals surface area (Å²) in [6.07, 6.45) is 1.47. The maximum Gasteiger partial charge on any atom is 0.244 e. The van der Waals surface area contributed by atoms with Gasteiger partial charge >= 0.3 is 0 Å². The molecule has 1 N–H and O–H groups in total. The molecule has 29 heavy (non-hydrogen) atoms. The van der Waals surface area contributed by atoms with Crippen molar-refractivity contribution in [3.05, 3.63) is 59.2 Å². The number of carbonyl (C=O) groups is 1. The van der Waals surface area contributed by atoms with Gasteiger partial charge in [0.1, 0.15) is 18.4 Å². The lowest BCUT2D eigenvalue weighted by atomic mass is 10.1. The van der Waals surface area contributed by atoms with Crippen LogP contribution >= 0.6 is 0 Å². The fourth-order valence-electron chi connectivity index (χ4n) is 3.30. The van der Waals surface area contributed by atoms with Gasteiger partial charge in [-0.05, 0) is 68.1 Å². The van der Waals surface area contributed by atoms with E-state index in [1.54, 1.807) is 25.1 Å². The Balaban J connectivity index is 2.05. The Labute approximate surface area is 173 Å². The van der Waals surface area contributed by atoms with Gasteiger partial charge in [-0.25, -0.2) is 8.42 Å². The van der Waals surface area contributed by atoms with E-state index in [1.165, 1.54) is 4.31 Å². The van der Waals surface area contributed by atoms with Crippen molar-refractivity contribution in [3.63, 3.8) is 0 Å². The average Bonchev–Trinajstić information content (AvgIpc) is 2.61.